The maximum atomic E-state index is 12.6. The molecule has 1 atom stereocenters. The summed E-state index contributed by atoms with van der Waals surface area (Å²) in [6.45, 7) is 8.34. The number of hydrogen-bond donors (Lipinski definition) is 1. The van der Waals surface area contributed by atoms with Crippen LogP contribution in [0.1, 0.15) is 32.6 Å². The van der Waals surface area contributed by atoms with Crippen LogP contribution in [0.5, 0.6) is 0 Å². The number of nitrogens with zero attached hydrogens (tertiary/aromatic N) is 2. The predicted octanol–water partition coefficient (Wildman–Crippen LogP) is 1.18. The minimum Gasteiger partial charge on any atom is -0.342 e. The normalized spacial score (nSPS) is 25.7. The van der Waals surface area contributed by atoms with E-state index in [1.807, 2.05) is 0 Å². The largest absolute Gasteiger partial charge is 0.342 e. The van der Waals surface area contributed by atoms with E-state index in [9.17, 15) is 4.79 Å². The molecule has 110 valence electrons. The van der Waals surface area contributed by atoms with Crippen molar-refractivity contribution in [2.24, 2.45) is 11.8 Å². The molecule has 1 amide bonds. The van der Waals surface area contributed by atoms with Crippen molar-refractivity contribution in [3.8, 4) is 0 Å². The highest BCUT2D eigenvalue weighted by molar-refractivity contribution is 5.79. The summed E-state index contributed by atoms with van der Waals surface area (Å²) < 4.78 is 0. The number of carbonyl (C=O) groups excluding carboxylic acids is 1. The van der Waals surface area contributed by atoms with Gasteiger partial charge < -0.3 is 15.1 Å². The van der Waals surface area contributed by atoms with Crippen molar-refractivity contribution in [3.63, 3.8) is 0 Å². The molecule has 2 aliphatic heterocycles. The summed E-state index contributed by atoms with van der Waals surface area (Å²) >= 11 is 0. The summed E-state index contributed by atoms with van der Waals surface area (Å²) in [5.74, 6) is 1.36. The molecular weight excluding hydrogens is 238 g/mol. The molecule has 0 aromatic carbocycles. The van der Waals surface area contributed by atoms with Crippen LogP contribution in [-0.2, 0) is 4.79 Å². The lowest BCUT2D eigenvalue weighted by Crippen LogP contribution is -2.42. The lowest BCUT2D eigenvalue weighted by atomic mass is 9.96. The Bertz CT molecular complexity index is 289. The first-order chi connectivity index (χ1) is 9.20. The Morgan fingerprint density at radius 2 is 2.05 bits per heavy atom. The fourth-order valence-electron chi connectivity index (χ4n) is 3.33. The molecule has 0 aliphatic carbocycles. The fourth-order valence-corrected chi connectivity index (χ4v) is 3.33. The van der Waals surface area contributed by atoms with Crippen LogP contribution < -0.4 is 5.32 Å². The third-order valence-corrected chi connectivity index (χ3v) is 4.48. The second-order valence-corrected chi connectivity index (χ2v) is 6.23. The van der Waals surface area contributed by atoms with Crippen molar-refractivity contribution in [1.29, 1.82) is 0 Å². The highest BCUT2D eigenvalue weighted by atomic mass is 16.2. The van der Waals surface area contributed by atoms with Gasteiger partial charge in [0.05, 0.1) is 5.92 Å². The molecule has 0 bridgehead atoms. The average molecular weight is 267 g/mol. The molecule has 2 heterocycles. The zero-order valence-electron chi connectivity index (χ0n) is 12.5. The summed E-state index contributed by atoms with van der Waals surface area (Å²) in [7, 11) is 2.12. The van der Waals surface area contributed by atoms with Crippen LogP contribution in [0.4, 0.5) is 0 Å². The number of piperidine rings is 1. The molecule has 0 saturated carbocycles. The third kappa shape index (κ3) is 4.18. The molecule has 2 saturated heterocycles. The molecule has 2 aliphatic rings. The molecular formula is C15H29N3O. The van der Waals surface area contributed by atoms with Crippen molar-refractivity contribution in [1.82, 2.24) is 15.1 Å². The van der Waals surface area contributed by atoms with Gasteiger partial charge in [0.15, 0.2) is 0 Å². The van der Waals surface area contributed by atoms with E-state index in [1.54, 1.807) is 0 Å². The first-order valence-corrected chi connectivity index (χ1v) is 7.88. The molecule has 1 unspecified atom stereocenters. The summed E-state index contributed by atoms with van der Waals surface area (Å²) in [5, 5.41) is 3.40. The highest BCUT2D eigenvalue weighted by Gasteiger charge is 2.30. The van der Waals surface area contributed by atoms with Crippen LogP contribution >= 0.6 is 0 Å². The van der Waals surface area contributed by atoms with Crippen LogP contribution in [0.25, 0.3) is 0 Å². The summed E-state index contributed by atoms with van der Waals surface area (Å²) in [4.78, 5) is 17.1. The molecule has 0 radical (unpaired) electrons. The maximum Gasteiger partial charge on any atom is 0.227 e. The van der Waals surface area contributed by atoms with Crippen LogP contribution in [0.3, 0.4) is 0 Å². The highest BCUT2D eigenvalue weighted by Crippen LogP contribution is 2.20. The standard InChI is InChI=1S/C15H29N3O/c1-3-9-18(11-13-4-7-16-8-5-13)15(19)14-6-10-17(2)12-14/h13-14,16H,3-12H2,1-2H3. The van der Waals surface area contributed by atoms with Gasteiger partial charge in [-0.2, -0.15) is 0 Å². The van der Waals surface area contributed by atoms with Gasteiger partial charge in [-0.3, -0.25) is 4.79 Å². The lowest BCUT2D eigenvalue weighted by molar-refractivity contribution is -0.136. The summed E-state index contributed by atoms with van der Waals surface area (Å²) in [6.07, 6.45) is 4.55. The van der Waals surface area contributed by atoms with E-state index >= 15 is 0 Å². The van der Waals surface area contributed by atoms with Gasteiger partial charge in [0.25, 0.3) is 0 Å². The van der Waals surface area contributed by atoms with Gasteiger partial charge in [-0.25, -0.2) is 0 Å². The molecule has 19 heavy (non-hydrogen) atoms. The van der Waals surface area contributed by atoms with Crippen molar-refractivity contribution in [2.45, 2.75) is 32.6 Å². The number of carbonyl (C=O) groups is 1. The van der Waals surface area contributed by atoms with Crippen molar-refractivity contribution in [3.05, 3.63) is 0 Å². The lowest BCUT2D eigenvalue weighted by Gasteiger charge is -2.31. The van der Waals surface area contributed by atoms with E-state index in [4.69, 9.17) is 0 Å². The molecule has 4 heteroatoms. The van der Waals surface area contributed by atoms with E-state index in [0.717, 1.165) is 52.1 Å². The molecule has 0 aromatic heterocycles. The molecule has 4 nitrogen and oxygen atoms in total. The van der Waals surface area contributed by atoms with E-state index < -0.39 is 0 Å². The molecule has 1 N–H and O–H groups in total. The monoisotopic (exact) mass is 267 g/mol. The van der Waals surface area contributed by atoms with Crippen molar-refractivity contribution in [2.75, 3.05) is 46.3 Å². The number of likely N-dealkylation sites (tertiary alicyclic amines) is 1. The van der Waals surface area contributed by atoms with Gasteiger partial charge in [0.2, 0.25) is 5.91 Å². The van der Waals surface area contributed by atoms with E-state index in [-0.39, 0.29) is 5.92 Å². The smallest absolute Gasteiger partial charge is 0.227 e. The van der Waals surface area contributed by atoms with Gasteiger partial charge in [-0.1, -0.05) is 6.92 Å². The van der Waals surface area contributed by atoms with Crippen LogP contribution in [-0.4, -0.2) is 62.0 Å². The van der Waals surface area contributed by atoms with Crippen molar-refractivity contribution < 1.29 is 4.79 Å². The maximum absolute atomic E-state index is 12.6. The van der Waals surface area contributed by atoms with Crippen LogP contribution in [0, 0.1) is 11.8 Å². The van der Waals surface area contributed by atoms with Gasteiger partial charge in [0.1, 0.15) is 0 Å². The zero-order chi connectivity index (χ0) is 13.7. The third-order valence-electron chi connectivity index (χ3n) is 4.48. The summed E-state index contributed by atoms with van der Waals surface area (Å²) in [5.41, 5.74) is 0. The fraction of sp³-hybridized carbons (Fsp3) is 0.933. The van der Waals surface area contributed by atoms with E-state index in [2.05, 4.69) is 29.1 Å². The van der Waals surface area contributed by atoms with Crippen molar-refractivity contribution >= 4 is 5.91 Å². The van der Waals surface area contributed by atoms with Gasteiger partial charge in [0, 0.05) is 19.6 Å². The molecule has 0 spiro atoms. The molecule has 2 fully saturated rings. The van der Waals surface area contributed by atoms with Crippen LogP contribution in [0.2, 0.25) is 0 Å². The minimum absolute atomic E-state index is 0.248. The Morgan fingerprint density at radius 1 is 1.32 bits per heavy atom. The predicted molar refractivity (Wildman–Crippen MR) is 78.1 cm³/mol. The number of amides is 1. The van der Waals surface area contributed by atoms with Gasteiger partial charge in [-0.15, -0.1) is 0 Å². The number of hydrogen-bond acceptors (Lipinski definition) is 3. The topological polar surface area (TPSA) is 35.6 Å². The minimum atomic E-state index is 0.248. The Morgan fingerprint density at radius 3 is 2.63 bits per heavy atom. The molecule has 0 aromatic rings. The Balaban J connectivity index is 1.88. The average Bonchev–Trinajstić information content (AvgIpc) is 2.85. The SMILES string of the molecule is CCCN(CC1CCNCC1)C(=O)C1CCN(C)C1. The second kappa shape index (κ2) is 7.25. The first-order valence-electron chi connectivity index (χ1n) is 7.88. The quantitative estimate of drug-likeness (QED) is 0.812. The molecule has 2 rings (SSSR count). The van der Waals surface area contributed by atoms with Gasteiger partial charge >= 0.3 is 0 Å². The number of nitrogens with one attached hydrogen (secondary N) is 1. The zero-order valence-corrected chi connectivity index (χ0v) is 12.5. The second-order valence-electron chi connectivity index (χ2n) is 6.23. The first kappa shape index (κ1) is 14.8. The van der Waals surface area contributed by atoms with E-state index in [0.29, 0.717) is 11.8 Å². The number of rotatable bonds is 5. The van der Waals surface area contributed by atoms with E-state index in [1.165, 1.54) is 12.8 Å². The summed E-state index contributed by atoms with van der Waals surface area (Å²) in [6, 6.07) is 0. The Kier molecular flexibility index (Phi) is 5.64. The van der Waals surface area contributed by atoms with Gasteiger partial charge in [-0.05, 0) is 58.3 Å². The van der Waals surface area contributed by atoms with Crippen LogP contribution in [0.15, 0.2) is 0 Å². The Labute approximate surface area is 117 Å². The Hall–Kier alpha value is -0.610.